The van der Waals surface area contributed by atoms with E-state index in [0.29, 0.717) is 41.2 Å². The Hall–Kier alpha value is -5.02. The molecule has 0 unspecified atom stereocenters. The van der Waals surface area contributed by atoms with Gasteiger partial charge >= 0.3 is 0 Å². The number of benzene rings is 3. The third-order valence-corrected chi connectivity index (χ3v) is 6.04. The fourth-order valence-electron chi connectivity index (χ4n) is 4.23. The topological polar surface area (TPSA) is 192 Å². The number of azide groups is 2. The molecule has 0 radical (unpaired) electrons. The number of rotatable bonds is 11. The van der Waals surface area contributed by atoms with E-state index in [9.17, 15) is 4.79 Å². The molecule has 1 aliphatic heterocycles. The Morgan fingerprint density at radius 3 is 2.37 bits per heavy atom. The van der Waals surface area contributed by atoms with Gasteiger partial charge in [-0.15, -0.1) is 0 Å². The molecule has 12 nitrogen and oxygen atoms in total. The predicted molar refractivity (Wildman–Crippen MR) is 140 cm³/mol. The maximum atomic E-state index is 13.2. The Labute approximate surface area is 217 Å². The molecule has 3 N–H and O–H groups in total. The lowest BCUT2D eigenvalue weighted by Gasteiger charge is -2.30. The smallest absolute Gasteiger partial charge is 0.250 e. The molecule has 3 aromatic carbocycles. The molecule has 1 heterocycles. The Kier molecular flexibility index (Phi) is 8.10. The number of ether oxygens (including phenoxy) is 2. The van der Waals surface area contributed by atoms with Crippen molar-refractivity contribution in [2.45, 2.75) is 24.5 Å². The average Bonchev–Trinajstić information content (AvgIpc) is 3.31. The first-order chi connectivity index (χ1) is 18.5. The number of hydrogen-bond acceptors (Lipinski definition) is 7. The van der Waals surface area contributed by atoms with Crippen molar-refractivity contribution in [3.05, 3.63) is 110 Å². The highest BCUT2D eigenvalue weighted by Crippen LogP contribution is 2.45. The molecular weight excluding hydrogens is 488 g/mol. The Balaban J connectivity index is 1.82. The lowest BCUT2D eigenvalue weighted by Crippen LogP contribution is -2.47. The van der Waals surface area contributed by atoms with Crippen molar-refractivity contribution in [2.24, 2.45) is 21.0 Å². The van der Waals surface area contributed by atoms with Crippen LogP contribution in [0.4, 0.5) is 11.4 Å². The fraction of sp³-hybridized carbons (Fsp3) is 0.231. The molecule has 12 heteroatoms. The molecular formula is C26H24N8O4. The van der Waals surface area contributed by atoms with Crippen molar-refractivity contribution < 1.29 is 19.4 Å². The second kappa shape index (κ2) is 11.8. The minimum atomic E-state index is -1.66. The van der Waals surface area contributed by atoms with Crippen LogP contribution < -0.4 is 10.5 Å². The van der Waals surface area contributed by atoms with Gasteiger partial charge in [-0.2, -0.15) is 0 Å². The van der Waals surface area contributed by atoms with Gasteiger partial charge in [0, 0.05) is 51.8 Å². The summed E-state index contributed by atoms with van der Waals surface area (Å²) in [4.78, 5) is 23.7. The van der Waals surface area contributed by atoms with Crippen molar-refractivity contribution in [3.63, 3.8) is 0 Å². The zero-order valence-electron chi connectivity index (χ0n) is 20.2. The zero-order valence-corrected chi connectivity index (χ0v) is 20.2. The number of nitrogens with zero attached hydrogens (tertiary/aromatic N) is 7. The van der Waals surface area contributed by atoms with E-state index in [0.717, 1.165) is 0 Å². The van der Waals surface area contributed by atoms with E-state index in [1.54, 1.807) is 72.8 Å². The predicted octanol–water partition coefficient (Wildman–Crippen LogP) is 5.32. The number of aliphatic hydroxyl groups is 1. The minimum absolute atomic E-state index is 0.0272. The van der Waals surface area contributed by atoms with E-state index in [1.807, 2.05) is 0 Å². The van der Waals surface area contributed by atoms with Gasteiger partial charge in [0.25, 0.3) is 0 Å². The Morgan fingerprint density at radius 1 is 1.03 bits per heavy atom. The molecule has 0 aliphatic carbocycles. The first kappa shape index (κ1) is 26.1. The van der Waals surface area contributed by atoms with Crippen molar-refractivity contribution in [1.29, 1.82) is 0 Å². The summed E-state index contributed by atoms with van der Waals surface area (Å²) in [5.41, 5.74) is 24.6. The van der Waals surface area contributed by atoms with Crippen LogP contribution in [0.1, 0.15) is 29.2 Å². The van der Waals surface area contributed by atoms with Gasteiger partial charge in [-0.05, 0) is 40.9 Å². The summed E-state index contributed by atoms with van der Waals surface area (Å²) in [7, 11) is 0. The van der Waals surface area contributed by atoms with Crippen LogP contribution in [0.2, 0.25) is 0 Å². The molecule has 1 aliphatic rings. The van der Waals surface area contributed by atoms with E-state index in [2.05, 4.69) is 20.1 Å². The molecule has 192 valence electrons. The highest BCUT2D eigenvalue weighted by atomic mass is 16.5. The van der Waals surface area contributed by atoms with Gasteiger partial charge in [0.2, 0.25) is 11.8 Å². The van der Waals surface area contributed by atoms with Crippen LogP contribution in [-0.4, -0.2) is 35.7 Å². The molecule has 0 aromatic heterocycles. The van der Waals surface area contributed by atoms with Crippen LogP contribution in [0.25, 0.3) is 20.9 Å². The SMILES string of the molecule is [N-]=[N+]=Nc1ccccc1C[C@]1(C(N)=O)N=C(c2ccc(OCCCO)cc2)O[C@H]1c1ccccc1N=[N+]=[N-]. The van der Waals surface area contributed by atoms with E-state index in [-0.39, 0.29) is 24.6 Å². The zero-order chi connectivity index (χ0) is 27.0. The second-order valence-corrected chi connectivity index (χ2v) is 8.40. The summed E-state index contributed by atoms with van der Waals surface area (Å²) in [6.45, 7) is 0.389. The van der Waals surface area contributed by atoms with E-state index in [4.69, 9.17) is 36.4 Å². The van der Waals surface area contributed by atoms with Crippen LogP contribution in [0, 0.1) is 0 Å². The molecule has 2 atom stereocenters. The lowest BCUT2D eigenvalue weighted by molar-refractivity contribution is -0.125. The quantitative estimate of drug-likeness (QED) is 0.152. The average molecular weight is 513 g/mol. The summed E-state index contributed by atoms with van der Waals surface area (Å²) < 4.78 is 11.9. The lowest BCUT2D eigenvalue weighted by atomic mass is 9.81. The van der Waals surface area contributed by atoms with Crippen LogP contribution in [0.5, 0.6) is 5.75 Å². The number of hydrogen-bond donors (Lipinski definition) is 2. The number of primary amides is 1. The van der Waals surface area contributed by atoms with Crippen LogP contribution in [0.15, 0.2) is 88.0 Å². The third-order valence-electron chi connectivity index (χ3n) is 6.04. The molecule has 38 heavy (non-hydrogen) atoms. The van der Waals surface area contributed by atoms with Gasteiger partial charge < -0.3 is 20.3 Å². The largest absolute Gasteiger partial charge is 0.494 e. The van der Waals surface area contributed by atoms with Gasteiger partial charge in [0.05, 0.1) is 6.61 Å². The Morgan fingerprint density at radius 2 is 1.68 bits per heavy atom. The van der Waals surface area contributed by atoms with Crippen molar-refractivity contribution in [2.75, 3.05) is 13.2 Å². The summed E-state index contributed by atoms with van der Waals surface area (Å²) >= 11 is 0. The third kappa shape index (κ3) is 5.37. The fourth-order valence-corrected chi connectivity index (χ4v) is 4.23. The van der Waals surface area contributed by atoms with Gasteiger partial charge in [-0.3, -0.25) is 4.79 Å². The summed E-state index contributed by atoms with van der Waals surface area (Å²) in [5.74, 6) is -0.0174. The van der Waals surface area contributed by atoms with Crippen LogP contribution in [0.3, 0.4) is 0 Å². The van der Waals surface area contributed by atoms with Gasteiger partial charge in [-0.25, -0.2) is 4.99 Å². The van der Waals surface area contributed by atoms with Crippen molar-refractivity contribution in [3.8, 4) is 5.75 Å². The number of amides is 1. The molecule has 0 fully saturated rings. The van der Waals surface area contributed by atoms with Crippen molar-refractivity contribution in [1.82, 2.24) is 0 Å². The molecule has 0 bridgehead atoms. The van der Waals surface area contributed by atoms with Gasteiger partial charge in [0.15, 0.2) is 11.6 Å². The number of carbonyl (C=O) groups excluding carboxylic acids is 1. The van der Waals surface area contributed by atoms with Gasteiger partial charge in [-0.1, -0.05) is 58.8 Å². The highest BCUT2D eigenvalue weighted by molar-refractivity contribution is 6.01. The van der Waals surface area contributed by atoms with Gasteiger partial charge in [0.1, 0.15) is 5.75 Å². The number of aliphatic imine (C=N–C) groups is 1. The molecule has 0 spiro atoms. The summed E-state index contributed by atoms with van der Waals surface area (Å²) in [6, 6.07) is 20.4. The number of carbonyl (C=O) groups is 1. The number of nitrogens with two attached hydrogens (primary N) is 1. The Bertz CT molecular complexity index is 1450. The summed E-state index contributed by atoms with van der Waals surface area (Å²) in [6.07, 6.45) is -0.586. The molecule has 0 saturated heterocycles. The first-order valence-corrected chi connectivity index (χ1v) is 11.7. The maximum Gasteiger partial charge on any atom is 0.250 e. The first-order valence-electron chi connectivity index (χ1n) is 11.7. The monoisotopic (exact) mass is 512 g/mol. The van der Waals surface area contributed by atoms with E-state index in [1.165, 1.54) is 0 Å². The van der Waals surface area contributed by atoms with E-state index >= 15 is 0 Å². The second-order valence-electron chi connectivity index (χ2n) is 8.40. The molecule has 4 rings (SSSR count). The normalized spacial score (nSPS) is 17.9. The standard InChI is InChI=1S/C26H24N8O4/c27-25(36)26(16-18-6-1-3-8-21(18)31-33-28)23(20-7-2-4-9-22(20)32-34-29)38-24(30-26)17-10-12-19(13-11-17)37-15-5-14-35/h1-4,6-13,23,35H,5,14-16H2,(H2,27,36)/t23-,26-/m0/s1. The minimum Gasteiger partial charge on any atom is -0.494 e. The molecule has 1 amide bonds. The van der Waals surface area contributed by atoms with Crippen molar-refractivity contribution >= 4 is 23.2 Å². The van der Waals surface area contributed by atoms with Crippen LogP contribution >= 0.6 is 0 Å². The highest BCUT2D eigenvalue weighted by Gasteiger charge is 2.53. The van der Waals surface area contributed by atoms with Crippen LogP contribution in [-0.2, 0) is 16.0 Å². The van der Waals surface area contributed by atoms with E-state index < -0.39 is 17.6 Å². The molecule has 3 aromatic rings. The maximum absolute atomic E-state index is 13.2. The summed E-state index contributed by atoms with van der Waals surface area (Å²) in [5, 5.41) is 16.5. The number of aliphatic hydroxyl groups excluding tert-OH is 1. The molecule has 0 saturated carbocycles.